The van der Waals surface area contributed by atoms with Crippen LogP contribution in [-0.2, 0) is 0 Å². The topological polar surface area (TPSA) is 35.9 Å². The number of allylic oxidation sites excluding steroid dienone is 2. The average Bonchev–Trinajstić information content (AvgIpc) is 2.12. The third-order valence-electron chi connectivity index (χ3n) is 1.87. The molecular weight excluding hydrogens is 192 g/mol. The van der Waals surface area contributed by atoms with Crippen LogP contribution in [0.5, 0.6) is 0 Å². The zero-order valence-corrected chi connectivity index (χ0v) is 9.23. The number of hydrogen-bond donors (Lipinski definition) is 3. The molecule has 2 N–H and O–H groups in total. The van der Waals surface area contributed by atoms with Gasteiger partial charge in [0.25, 0.3) is 0 Å². The highest BCUT2D eigenvalue weighted by Gasteiger charge is 1.96. The van der Waals surface area contributed by atoms with Gasteiger partial charge in [-0.1, -0.05) is 0 Å². The molecule has 74 valence electrons. The number of hydrogen-bond acceptors (Lipinski definition) is 3. The molecule has 0 aliphatic rings. The summed E-state index contributed by atoms with van der Waals surface area (Å²) in [5, 5.41) is 10.1. The standard InChI is InChI=1S/C11H14N2S/c1-8-7-10(3-4-11(8)14)13-9(2)5-6-12/h3-7,12-14H,1-2H3/b9-5-,12-6?. The molecule has 0 bridgehead atoms. The van der Waals surface area contributed by atoms with Crippen molar-refractivity contribution in [3.8, 4) is 0 Å². The highest BCUT2D eigenvalue weighted by Crippen LogP contribution is 2.18. The minimum atomic E-state index is 0.950. The molecule has 0 saturated heterocycles. The van der Waals surface area contributed by atoms with Gasteiger partial charge in [0.05, 0.1) is 0 Å². The van der Waals surface area contributed by atoms with Crippen LogP contribution in [-0.4, -0.2) is 6.21 Å². The number of thiol groups is 1. The Labute approximate surface area is 90.0 Å². The summed E-state index contributed by atoms with van der Waals surface area (Å²) in [7, 11) is 0. The number of nitrogens with one attached hydrogen (secondary N) is 2. The van der Waals surface area contributed by atoms with Gasteiger partial charge in [-0.25, -0.2) is 0 Å². The summed E-state index contributed by atoms with van der Waals surface area (Å²) in [5.41, 5.74) is 3.11. The van der Waals surface area contributed by atoms with Crippen LogP contribution in [0.15, 0.2) is 34.9 Å². The second kappa shape index (κ2) is 4.86. The summed E-state index contributed by atoms with van der Waals surface area (Å²) < 4.78 is 0. The van der Waals surface area contributed by atoms with Crippen LogP contribution < -0.4 is 5.32 Å². The van der Waals surface area contributed by atoms with E-state index in [0.717, 1.165) is 21.8 Å². The maximum absolute atomic E-state index is 6.92. The smallest absolute Gasteiger partial charge is 0.0385 e. The van der Waals surface area contributed by atoms with Crippen molar-refractivity contribution in [2.75, 3.05) is 5.32 Å². The molecule has 1 aromatic carbocycles. The lowest BCUT2D eigenvalue weighted by Gasteiger charge is -2.07. The van der Waals surface area contributed by atoms with Gasteiger partial charge in [0.2, 0.25) is 0 Å². The van der Waals surface area contributed by atoms with Gasteiger partial charge in [0.1, 0.15) is 0 Å². The summed E-state index contributed by atoms with van der Waals surface area (Å²) in [6.45, 7) is 3.94. The molecule has 0 aliphatic heterocycles. The molecule has 0 radical (unpaired) electrons. The Morgan fingerprint density at radius 3 is 2.79 bits per heavy atom. The fraction of sp³-hybridized carbons (Fsp3) is 0.182. The van der Waals surface area contributed by atoms with Gasteiger partial charge in [-0.2, -0.15) is 0 Å². The third kappa shape index (κ3) is 2.92. The first-order valence-corrected chi connectivity index (χ1v) is 4.82. The first kappa shape index (κ1) is 10.9. The van der Waals surface area contributed by atoms with Crippen molar-refractivity contribution in [3.63, 3.8) is 0 Å². The van der Waals surface area contributed by atoms with E-state index in [1.54, 1.807) is 6.08 Å². The second-order valence-corrected chi connectivity index (χ2v) is 3.62. The highest BCUT2D eigenvalue weighted by molar-refractivity contribution is 7.80. The Morgan fingerprint density at radius 2 is 2.21 bits per heavy atom. The Bertz CT molecular complexity index is 370. The van der Waals surface area contributed by atoms with E-state index in [1.807, 2.05) is 32.0 Å². The highest BCUT2D eigenvalue weighted by atomic mass is 32.1. The molecular formula is C11H14N2S. The van der Waals surface area contributed by atoms with Gasteiger partial charge >= 0.3 is 0 Å². The predicted octanol–water partition coefficient (Wildman–Crippen LogP) is 3.25. The largest absolute Gasteiger partial charge is 0.359 e. The van der Waals surface area contributed by atoms with Gasteiger partial charge in [-0.15, -0.1) is 12.6 Å². The fourth-order valence-electron chi connectivity index (χ4n) is 1.13. The lowest BCUT2D eigenvalue weighted by molar-refractivity contribution is 1.29. The predicted molar refractivity (Wildman–Crippen MR) is 64.6 cm³/mol. The van der Waals surface area contributed by atoms with Crippen molar-refractivity contribution in [1.29, 1.82) is 5.41 Å². The number of aryl methyl sites for hydroxylation is 1. The van der Waals surface area contributed by atoms with E-state index in [-0.39, 0.29) is 0 Å². The summed E-state index contributed by atoms with van der Waals surface area (Å²) in [6, 6.07) is 5.96. The van der Waals surface area contributed by atoms with E-state index in [0.29, 0.717) is 0 Å². The van der Waals surface area contributed by atoms with Crippen molar-refractivity contribution in [1.82, 2.24) is 0 Å². The SMILES string of the molecule is C/C(=C/C=N)Nc1ccc(S)c(C)c1. The first-order chi connectivity index (χ1) is 6.63. The summed E-state index contributed by atoms with van der Waals surface area (Å²) >= 11 is 4.30. The maximum atomic E-state index is 6.92. The molecule has 0 atom stereocenters. The maximum Gasteiger partial charge on any atom is 0.0385 e. The van der Waals surface area contributed by atoms with Crippen molar-refractivity contribution in [2.45, 2.75) is 18.7 Å². The lowest BCUT2D eigenvalue weighted by Crippen LogP contribution is -1.96. The normalized spacial score (nSPS) is 11.2. The zero-order valence-electron chi connectivity index (χ0n) is 8.33. The van der Waals surface area contributed by atoms with Crippen LogP contribution >= 0.6 is 12.6 Å². The molecule has 14 heavy (non-hydrogen) atoms. The van der Waals surface area contributed by atoms with Crippen molar-refractivity contribution in [2.24, 2.45) is 0 Å². The van der Waals surface area contributed by atoms with Gasteiger partial charge in [0, 0.05) is 22.5 Å². The molecule has 0 amide bonds. The second-order valence-electron chi connectivity index (χ2n) is 3.14. The monoisotopic (exact) mass is 206 g/mol. The molecule has 2 nitrogen and oxygen atoms in total. The van der Waals surface area contributed by atoms with E-state index >= 15 is 0 Å². The fourth-order valence-corrected chi connectivity index (χ4v) is 1.27. The van der Waals surface area contributed by atoms with E-state index < -0.39 is 0 Å². The van der Waals surface area contributed by atoms with Crippen LogP contribution in [0.4, 0.5) is 5.69 Å². The quantitative estimate of drug-likeness (QED) is 0.515. The van der Waals surface area contributed by atoms with Crippen molar-refractivity contribution >= 4 is 24.5 Å². The molecule has 0 unspecified atom stereocenters. The summed E-state index contributed by atoms with van der Waals surface area (Å²) in [5.74, 6) is 0. The van der Waals surface area contributed by atoms with Crippen molar-refractivity contribution < 1.29 is 0 Å². The molecule has 0 heterocycles. The van der Waals surface area contributed by atoms with Gasteiger partial charge in [0.15, 0.2) is 0 Å². The Kier molecular flexibility index (Phi) is 3.77. The number of anilines is 1. The van der Waals surface area contributed by atoms with Crippen LogP contribution in [0.25, 0.3) is 0 Å². The van der Waals surface area contributed by atoms with Crippen LogP contribution in [0.2, 0.25) is 0 Å². The Balaban J connectivity index is 2.83. The molecule has 1 rings (SSSR count). The minimum absolute atomic E-state index is 0.950. The van der Waals surface area contributed by atoms with Gasteiger partial charge < -0.3 is 10.7 Å². The van der Waals surface area contributed by atoms with E-state index in [9.17, 15) is 0 Å². The molecule has 0 saturated carbocycles. The zero-order chi connectivity index (χ0) is 10.6. The third-order valence-corrected chi connectivity index (χ3v) is 2.37. The minimum Gasteiger partial charge on any atom is -0.359 e. The summed E-state index contributed by atoms with van der Waals surface area (Å²) in [6.07, 6.45) is 2.98. The van der Waals surface area contributed by atoms with E-state index in [1.165, 1.54) is 6.21 Å². The lowest BCUT2D eigenvalue weighted by atomic mass is 10.2. The molecule has 0 aliphatic carbocycles. The van der Waals surface area contributed by atoms with Crippen LogP contribution in [0.1, 0.15) is 12.5 Å². The molecule has 1 aromatic rings. The number of rotatable bonds is 3. The van der Waals surface area contributed by atoms with E-state index in [2.05, 4.69) is 17.9 Å². The van der Waals surface area contributed by atoms with Gasteiger partial charge in [-0.3, -0.25) is 0 Å². The Morgan fingerprint density at radius 1 is 1.50 bits per heavy atom. The van der Waals surface area contributed by atoms with Crippen LogP contribution in [0.3, 0.4) is 0 Å². The molecule has 0 fully saturated rings. The van der Waals surface area contributed by atoms with E-state index in [4.69, 9.17) is 5.41 Å². The summed E-state index contributed by atoms with van der Waals surface area (Å²) in [4.78, 5) is 0.990. The molecule has 0 aromatic heterocycles. The van der Waals surface area contributed by atoms with Crippen LogP contribution in [0, 0.1) is 12.3 Å². The Hall–Kier alpha value is -1.22. The van der Waals surface area contributed by atoms with Crippen molar-refractivity contribution in [3.05, 3.63) is 35.5 Å². The molecule has 3 heteroatoms. The first-order valence-electron chi connectivity index (χ1n) is 4.37. The average molecular weight is 206 g/mol. The molecule has 0 spiro atoms. The van der Waals surface area contributed by atoms with Gasteiger partial charge in [-0.05, 0) is 43.7 Å². The number of benzene rings is 1.